The van der Waals surface area contributed by atoms with Crippen LogP contribution in [-0.4, -0.2) is 26.7 Å². The van der Waals surface area contributed by atoms with E-state index in [2.05, 4.69) is 6.58 Å². The van der Waals surface area contributed by atoms with Gasteiger partial charge in [-0.05, 0) is 43.4 Å². The van der Waals surface area contributed by atoms with Crippen LogP contribution >= 0.6 is 0 Å². The Bertz CT molecular complexity index is 638. The van der Waals surface area contributed by atoms with Gasteiger partial charge in [-0.25, -0.2) is 13.2 Å². The molecular weight excluding hydrogens is 300 g/mol. The van der Waals surface area contributed by atoms with Crippen LogP contribution in [0.15, 0.2) is 41.3 Å². The van der Waals surface area contributed by atoms with Gasteiger partial charge in [0, 0.05) is 18.2 Å². The van der Waals surface area contributed by atoms with Crippen molar-refractivity contribution >= 4 is 15.8 Å². The van der Waals surface area contributed by atoms with Crippen LogP contribution in [0, 0.1) is 0 Å². The highest BCUT2D eigenvalue weighted by atomic mass is 32.2. The van der Waals surface area contributed by atoms with Crippen LogP contribution in [0.2, 0.25) is 0 Å². The summed E-state index contributed by atoms with van der Waals surface area (Å²) < 4.78 is 28.3. The average Bonchev–Trinajstić information content (AvgIpc) is 2.48. The lowest BCUT2D eigenvalue weighted by Crippen LogP contribution is -2.22. The van der Waals surface area contributed by atoms with Gasteiger partial charge in [0.25, 0.3) is 0 Å². The van der Waals surface area contributed by atoms with Crippen molar-refractivity contribution < 1.29 is 17.9 Å². The molecule has 1 saturated carbocycles. The summed E-state index contributed by atoms with van der Waals surface area (Å²) in [7, 11) is -3.20. The average molecular weight is 322 g/mol. The first-order chi connectivity index (χ1) is 10.4. The second-order valence-electron chi connectivity index (χ2n) is 5.86. The molecule has 120 valence electrons. The molecule has 1 aliphatic rings. The molecule has 1 aromatic rings. The lowest BCUT2D eigenvalue weighted by molar-refractivity contribution is -0.145. The van der Waals surface area contributed by atoms with E-state index in [-0.39, 0.29) is 17.0 Å². The van der Waals surface area contributed by atoms with Crippen molar-refractivity contribution in [2.75, 3.05) is 6.26 Å². The maximum atomic E-state index is 12.0. The predicted molar refractivity (Wildman–Crippen MR) is 85.4 cm³/mol. The third-order valence-corrected chi connectivity index (χ3v) is 5.01. The molecule has 0 radical (unpaired) electrons. The van der Waals surface area contributed by atoms with E-state index in [1.165, 1.54) is 12.7 Å². The Kier molecular flexibility index (Phi) is 5.40. The molecule has 0 aliphatic heterocycles. The molecule has 0 aromatic heterocycles. The van der Waals surface area contributed by atoms with Gasteiger partial charge in [0.05, 0.1) is 4.90 Å². The number of sulfone groups is 1. The van der Waals surface area contributed by atoms with Gasteiger partial charge >= 0.3 is 5.97 Å². The SMILES string of the molecule is C=C(Cc1ccc(S(C)(=O)=O)cc1)C(=O)OC1CCCCC1. The molecule has 5 heteroatoms. The van der Waals surface area contributed by atoms with E-state index >= 15 is 0 Å². The molecular formula is C17H22O4S. The second-order valence-corrected chi connectivity index (χ2v) is 7.88. The Labute approximate surface area is 132 Å². The molecule has 4 nitrogen and oxygen atoms in total. The zero-order valence-corrected chi connectivity index (χ0v) is 13.7. The summed E-state index contributed by atoms with van der Waals surface area (Å²) in [4.78, 5) is 12.3. The molecule has 0 amide bonds. The van der Waals surface area contributed by atoms with E-state index < -0.39 is 9.84 Å². The molecule has 22 heavy (non-hydrogen) atoms. The molecule has 0 unspecified atom stereocenters. The maximum absolute atomic E-state index is 12.0. The third-order valence-electron chi connectivity index (χ3n) is 3.88. The van der Waals surface area contributed by atoms with E-state index in [9.17, 15) is 13.2 Å². The Morgan fingerprint density at radius 2 is 1.77 bits per heavy atom. The zero-order chi connectivity index (χ0) is 16.2. The van der Waals surface area contributed by atoms with Crippen LogP contribution in [0.4, 0.5) is 0 Å². The lowest BCUT2D eigenvalue weighted by Gasteiger charge is -2.22. The lowest BCUT2D eigenvalue weighted by atomic mass is 9.97. The van der Waals surface area contributed by atoms with E-state index in [1.54, 1.807) is 24.3 Å². The molecule has 2 rings (SSSR count). The van der Waals surface area contributed by atoms with E-state index in [0.29, 0.717) is 12.0 Å². The molecule has 0 spiro atoms. The van der Waals surface area contributed by atoms with Crippen LogP contribution in [0.3, 0.4) is 0 Å². The number of rotatable bonds is 5. The fraction of sp³-hybridized carbons (Fsp3) is 0.471. The summed E-state index contributed by atoms with van der Waals surface area (Å²) in [6, 6.07) is 6.50. The summed E-state index contributed by atoms with van der Waals surface area (Å²) in [5, 5.41) is 0. The molecule has 1 aliphatic carbocycles. The van der Waals surface area contributed by atoms with Gasteiger partial charge < -0.3 is 4.74 Å². The fourth-order valence-corrected chi connectivity index (χ4v) is 3.22. The second kappa shape index (κ2) is 7.09. The topological polar surface area (TPSA) is 60.4 Å². The van der Waals surface area contributed by atoms with Gasteiger partial charge in [-0.3, -0.25) is 0 Å². The van der Waals surface area contributed by atoms with Gasteiger partial charge in [-0.15, -0.1) is 0 Å². The highest BCUT2D eigenvalue weighted by Crippen LogP contribution is 2.22. The number of esters is 1. The molecule has 0 bridgehead atoms. The minimum Gasteiger partial charge on any atom is -0.459 e. The smallest absolute Gasteiger partial charge is 0.334 e. The van der Waals surface area contributed by atoms with Crippen LogP contribution in [-0.2, 0) is 25.8 Å². The highest BCUT2D eigenvalue weighted by Gasteiger charge is 2.19. The third kappa shape index (κ3) is 4.70. The Morgan fingerprint density at radius 3 is 2.32 bits per heavy atom. The summed E-state index contributed by atoms with van der Waals surface area (Å²) in [5.74, 6) is -0.348. The van der Waals surface area contributed by atoms with Crippen LogP contribution in [0.5, 0.6) is 0 Å². The molecule has 1 fully saturated rings. The van der Waals surface area contributed by atoms with Crippen molar-refractivity contribution in [3.63, 3.8) is 0 Å². The molecule has 1 aromatic carbocycles. The van der Waals surface area contributed by atoms with Gasteiger partial charge in [0.15, 0.2) is 9.84 Å². The molecule has 0 heterocycles. The molecule has 0 atom stereocenters. The van der Waals surface area contributed by atoms with Crippen LogP contribution < -0.4 is 0 Å². The number of benzene rings is 1. The number of carbonyl (C=O) groups excluding carboxylic acids is 1. The monoisotopic (exact) mass is 322 g/mol. The van der Waals surface area contributed by atoms with E-state index in [1.807, 2.05) is 0 Å². The maximum Gasteiger partial charge on any atom is 0.334 e. The first-order valence-electron chi connectivity index (χ1n) is 7.54. The summed E-state index contributed by atoms with van der Waals surface area (Å²) in [6.07, 6.45) is 6.85. The first-order valence-corrected chi connectivity index (χ1v) is 9.43. The van der Waals surface area contributed by atoms with Crippen molar-refractivity contribution in [3.8, 4) is 0 Å². The van der Waals surface area contributed by atoms with Gasteiger partial charge in [-0.1, -0.05) is 25.1 Å². The summed E-state index contributed by atoms with van der Waals surface area (Å²) in [5.41, 5.74) is 1.25. The van der Waals surface area contributed by atoms with Crippen molar-refractivity contribution in [1.29, 1.82) is 0 Å². The van der Waals surface area contributed by atoms with Crippen molar-refractivity contribution in [2.45, 2.75) is 49.5 Å². The quantitative estimate of drug-likeness (QED) is 0.617. The minimum absolute atomic E-state index is 0.0191. The van der Waals surface area contributed by atoms with Crippen LogP contribution in [0.1, 0.15) is 37.7 Å². The molecule has 0 saturated heterocycles. The fourth-order valence-electron chi connectivity index (χ4n) is 2.59. The Balaban J connectivity index is 1.92. The zero-order valence-electron chi connectivity index (χ0n) is 12.9. The summed E-state index contributed by atoms with van der Waals surface area (Å²) in [6.45, 7) is 3.79. The van der Waals surface area contributed by atoms with Gasteiger partial charge in [0.2, 0.25) is 0 Å². The largest absolute Gasteiger partial charge is 0.459 e. The number of carbonyl (C=O) groups is 1. The van der Waals surface area contributed by atoms with E-state index in [4.69, 9.17) is 4.74 Å². The minimum atomic E-state index is -3.20. The van der Waals surface area contributed by atoms with Crippen LogP contribution in [0.25, 0.3) is 0 Å². The normalized spacial score (nSPS) is 16.2. The first kappa shape index (κ1) is 16.7. The number of hydrogen-bond acceptors (Lipinski definition) is 4. The Morgan fingerprint density at radius 1 is 1.18 bits per heavy atom. The Hall–Kier alpha value is -1.62. The summed E-state index contributed by atoms with van der Waals surface area (Å²) >= 11 is 0. The number of ether oxygens (including phenoxy) is 1. The highest BCUT2D eigenvalue weighted by molar-refractivity contribution is 7.90. The van der Waals surface area contributed by atoms with E-state index in [0.717, 1.165) is 31.2 Å². The van der Waals surface area contributed by atoms with Gasteiger partial charge in [-0.2, -0.15) is 0 Å². The standard InChI is InChI=1S/C17H22O4S/c1-13(17(18)21-15-6-4-3-5-7-15)12-14-8-10-16(11-9-14)22(2,19)20/h8-11,15H,1,3-7,12H2,2H3. The number of hydrogen-bond donors (Lipinski definition) is 0. The van der Waals surface area contributed by atoms with Gasteiger partial charge in [0.1, 0.15) is 6.10 Å². The predicted octanol–water partition coefficient (Wildman–Crippen LogP) is 3.06. The van der Waals surface area contributed by atoms with Crippen molar-refractivity contribution in [2.24, 2.45) is 0 Å². The molecule has 0 N–H and O–H groups in total. The van der Waals surface area contributed by atoms with Crippen molar-refractivity contribution in [1.82, 2.24) is 0 Å². The van der Waals surface area contributed by atoms with Crippen molar-refractivity contribution in [3.05, 3.63) is 42.0 Å².